The fraction of sp³-hybridized carbons (Fsp3) is 0.824. The average Bonchev–Trinajstić information content (AvgIpc) is 2.89. The van der Waals surface area contributed by atoms with Crippen molar-refractivity contribution < 1.29 is 9.90 Å². The normalized spacial score (nSPS) is 19.0. The van der Waals surface area contributed by atoms with Crippen LogP contribution in [0.25, 0.3) is 0 Å². The molecule has 24 heavy (non-hydrogen) atoms. The van der Waals surface area contributed by atoms with E-state index in [9.17, 15) is 9.90 Å². The lowest BCUT2D eigenvalue weighted by molar-refractivity contribution is 0.185. The summed E-state index contributed by atoms with van der Waals surface area (Å²) in [4.78, 5) is 16.9. The summed E-state index contributed by atoms with van der Waals surface area (Å²) < 4.78 is 1.92. The van der Waals surface area contributed by atoms with Crippen LogP contribution in [0.1, 0.15) is 65.0 Å². The van der Waals surface area contributed by atoms with Gasteiger partial charge in [0.25, 0.3) is 0 Å². The molecule has 2 amide bonds. The molecule has 136 valence electrons. The summed E-state index contributed by atoms with van der Waals surface area (Å²) in [6.45, 7) is 11.1. The van der Waals surface area contributed by atoms with E-state index in [1.807, 2.05) is 4.68 Å². The number of rotatable bonds is 5. The molecule has 0 aromatic carbocycles. The highest BCUT2D eigenvalue weighted by atomic mass is 16.3. The van der Waals surface area contributed by atoms with Crippen LogP contribution in [-0.2, 0) is 13.0 Å². The molecule has 2 atom stereocenters. The van der Waals surface area contributed by atoms with E-state index < -0.39 is 0 Å². The third-order valence-corrected chi connectivity index (χ3v) is 4.49. The first kappa shape index (κ1) is 18.7. The predicted molar refractivity (Wildman–Crippen MR) is 92.8 cm³/mol. The quantitative estimate of drug-likeness (QED) is 0.764. The Labute approximate surface area is 144 Å². The smallest absolute Gasteiger partial charge is 0.315 e. The molecular weight excluding hydrogens is 306 g/mol. The Kier molecular flexibility index (Phi) is 5.85. The van der Waals surface area contributed by atoms with Crippen molar-refractivity contribution in [1.29, 1.82) is 0 Å². The van der Waals surface area contributed by atoms with Crippen molar-refractivity contribution in [2.75, 3.05) is 6.61 Å². The van der Waals surface area contributed by atoms with Crippen molar-refractivity contribution in [3.05, 3.63) is 11.6 Å². The zero-order chi connectivity index (χ0) is 17.9. The molecule has 0 saturated heterocycles. The summed E-state index contributed by atoms with van der Waals surface area (Å²) in [7, 11) is 0. The molecule has 1 aromatic heterocycles. The van der Waals surface area contributed by atoms with Gasteiger partial charge in [0.05, 0.1) is 12.6 Å². The zero-order valence-electron chi connectivity index (χ0n) is 15.5. The standard InChI is InChI=1S/C17H31N5O2/c1-11(2)15-20-14-7-6-12(10-22(14)21-15)18-16(24)19-13(8-9-23)17(3,4)5/h11-13,23H,6-10H2,1-5H3,(H2,18,19,24)/t12-,13-/m1/s1. The Morgan fingerprint density at radius 2 is 2.12 bits per heavy atom. The second-order valence-electron chi connectivity index (χ2n) is 8.01. The number of nitrogens with one attached hydrogen (secondary N) is 2. The summed E-state index contributed by atoms with van der Waals surface area (Å²) in [5, 5.41) is 19.8. The van der Waals surface area contributed by atoms with Gasteiger partial charge in [0.15, 0.2) is 5.82 Å². The molecule has 0 aliphatic carbocycles. The second-order valence-corrected chi connectivity index (χ2v) is 8.01. The van der Waals surface area contributed by atoms with Gasteiger partial charge in [0.2, 0.25) is 0 Å². The van der Waals surface area contributed by atoms with Crippen LogP contribution in [0.2, 0.25) is 0 Å². The van der Waals surface area contributed by atoms with E-state index in [-0.39, 0.29) is 30.1 Å². The lowest BCUT2D eigenvalue weighted by Crippen LogP contribution is -2.52. The number of carbonyl (C=O) groups is 1. The van der Waals surface area contributed by atoms with Gasteiger partial charge in [-0.25, -0.2) is 14.5 Å². The number of aliphatic hydroxyl groups is 1. The van der Waals surface area contributed by atoms with Gasteiger partial charge in [-0.05, 0) is 18.3 Å². The fourth-order valence-electron chi connectivity index (χ4n) is 2.93. The van der Waals surface area contributed by atoms with Gasteiger partial charge in [-0.2, -0.15) is 5.10 Å². The number of hydrogen-bond acceptors (Lipinski definition) is 4. The molecule has 7 heteroatoms. The lowest BCUT2D eigenvalue weighted by atomic mass is 9.85. The third kappa shape index (κ3) is 4.69. The van der Waals surface area contributed by atoms with E-state index in [1.165, 1.54) is 0 Å². The Morgan fingerprint density at radius 1 is 1.42 bits per heavy atom. The Hall–Kier alpha value is -1.63. The SMILES string of the molecule is CC(C)c1nc2n(n1)C[C@H](NC(=O)N[C@H](CCO)C(C)(C)C)CC2. The van der Waals surface area contributed by atoms with Crippen LogP contribution in [-0.4, -0.2) is 44.6 Å². The predicted octanol–water partition coefficient (Wildman–Crippen LogP) is 1.81. The van der Waals surface area contributed by atoms with Gasteiger partial charge in [-0.3, -0.25) is 0 Å². The first-order valence-electron chi connectivity index (χ1n) is 8.82. The highest BCUT2D eigenvalue weighted by Crippen LogP contribution is 2.22. The molecule has 1 aliphatic heterocycles. The minimum atomic E-state index is -0.180. The van der Waals surface area contributed by atoms with Crippen LogP contribution in [0.5, 0.6) is 0 Å². The zero-order valence-corrected chi connectivity index (χ0v) is 15.5. The maximum atomic E-state index is 12.3. The van der Waals surface area contributed by atoms with Crippen molar-refractivity contribution in [1.82, 2.24) is 25.4 Å². The summed E-state index contributed by atoms with van der Waals surface area (Å²) in [6.07, 6.45) is 2.24. The summed E-state index contributed by atoms with van der Waals surface area (Å²) >= 11 is 0. The number of aliphatic hydroxyl groups excluding tert-OH is 1. The second kappa shape index (κ2) is 7.51. The number of carbonyl (C=O) groups excluding carboxylic acids is 1. The van der Waals surface area contributed by atoms with E-state index in [0.717, 1.165) is 24.5 Å². The van der Waals surface area contributed by atoms with Gasteiger partial charge < -0.3 is 15.7 Å². The average molecular weight is 337 g/mol. The molecule has 0 saturated carbocycles. The van der Waals surface area contributed by atoms with E-state index in [2.05, 4.69) is 55.3 Å². The molecule has 0 unspecified atom stereocenters. The first-order valence-corrected chi connectivity index (χ1v) is 8.82. The minimum absolute atomic E-state index is 0.0500. The van der Waals surface area contributed by atoms with Crippen molar-refractivity contribution in [3.63, 3.8) is 0 Å². The van der Waals surface area contributed by atoms with E-state index in [1.54, 1.807) is 0 Å². The van der Waals surface area contributed by atoms with Crippen LogP contribution in [0.15, 0.2) is 0 Å². The minimum Gasteiger partial charge on any atom is -0.396 e. The molecule has 0 bridgehead atoms. The number of nitrogens with zero attached hydrogens (tertiary/aromatic N) is 3. The van der Waals surface area contributed by atoms with Crippen LogP contribution in [0.4, 0.5) is 4.79 Å². The van der Waals surface area contributed by atoms with Gasteiger partial charge in [-0.1, -0.05) is 34.6 Å². The van der Waals surface area contributed by atoms with Crippen molar-refractivity contribution >= 4 is 6.03 Å². The first-order chi connectivity index (χ1) is 11.2. The molecule has 1 aromatic rings. The number of amides is 2. The Morgan fingerprint density at radius 3 is 2.71 bits per heavy atom. The number of fused-ring (bicyclic) bond motifs is 1. The highest BCUT2D eigenvalue weighted by Gasteiger charge is 2.28. The van der Waals surface area contributed by atoms with Gasteiger partial charge in [-0.15, -0.1) is 0 Å². The Bertz CT molecular complexity index is 562. The van der Waals surface area contributed by atoms with E-state index in [0.29, 0.717) is 18.9 Å². The number of aromatic nitrogens is 3. The molecular formula is C17H31N5O2. The summed E-state index contributed by atoms with van der Waals surface area (Å²) in [5.74, 6) is 2.18. The maximum absolute atomic E-state index is 12.3. The summed E-state index contributed by atoms with van der Waals surface area (Å²) in [5.41, 5.74) is -0.0993. The lowest BCUT2D eigenvalue weighted by Gasteiger charge is -2.32. The molecule has 0 radical (unpaired) electrons. The van der Waals surface area contributed by atoms with Crippen molar-refractivity contribution in [2.24, 2.45) is 5.41 Å². The molecule has 2 heterocycles. The number of urea groups is 1. The largest absolute Gasteiger partial charge is 0.396 e. The maximum Gasteiger partial charge on any atom is 0.315 e. The van der Waals surface area contributed by atoms with Crippen LogP contribution in [0, 0.1) is 5.41 Å². The topological polar surface area (TPSA) is 92.1 Å². The number of aryl methyl sites for hydroxylation is 1. The van der Waals surface area contributed by atoms with Gasteiger partial charge in [0.1, 0.15) is 5.82 Å². The fourth-order valence-corrected chi connectivity index (χ4v) is 2.93. The van der Waals surface area contributed by atoms with E-state index >= 15 is 0 Å². The van der Waals surface area contributed by atoms with E-state index in [4.69, 9.17) is 0 Å². The highest BCUT2D eigenvalue weighted by molar-refractivity contribution is 5.74. The molecule has 0 fully saturated rings. The number of hydrogen-bond donors (Lipinski definition) is 3. The third-order valence-electron chi connectivity index (χ3n) is 4.49. The van der Waals surface area contributed by atoms with Crippen LogP contribution < -0.4 is 10.6 Å². The Balaban J connectivity index is 1.93. The molecule has 2 rings (SSSR count). The van der Waals surface area contributed by atoms with Crippen molar-refractivity contribution in [3.8, 4) is 0 Å². The molecule has 1 aliphatic rings. The van der Waals surface area contributed by atoms with Crippen LogP contribution in [0.3, 0.4) is 0 Å². The summed E-state index contributed by atoms with van der Waals surface area (Å²) in [6, 6.07) is -0.199. The van der Waals surface area contributed by atoms with Gasteiger partial charge in [0, 0.05) is 25.0 Å². The molecule has 3 N–H and O–H groups in total. The monoisotopic (exact) mass is 337 g/mol. The molecule has 7 nitrogen and oxygen atoms in total. The van der Waals surface area contributed by atoms with Crippen LogP contribution >= 0.6 is 0 Å². The van der Waals surface area contributed by atoms with Gasteiger partial charge >= 0.3 is 6.03 Å². The van der Waals surface area contributed by atoms with Crippen molar-refractivity contribution in [2.45, 2.75) is 78.4 Å². The molecule has 0 spiro atoms.